The maximum atomic E-state index is 11.3. The Labute approximate surface area is 76.9 Å². The van der Waals surface area contributed by atoms with Gasteiger partial charge in [0.25, 0.3) is 0 Å². The van der Waals surface area contributed by atoms with E-state index in [2.05, 4.69) is 10.4 Å². The molecular formula is C8H14N4O. The number of hydrogen-bond acceptors (Lipinski definition) is 3. The molecule has 0 radical (unpaired) electrons. The van der Waals surface area contributed by atoms with Crippen molar-refractivity contribution in [1.82, 2.24) is 9.78 Å². The van der Waals surface area contributed by atoms with E-state index >= 15 is 0 Å². The minimum Gasteiger partial charge on any atom is -0.320 e. The van der Waals surface area contributed by atoms with Gasteiger partial charge < -0.3 is 11.1 Å². The summed E-state index contributed by atoms with van der Waals surface area (Å²) < 4.78 is 1.62. The predicted octanol–water partition coefficient (Wildman–Crippen LogP) is 0.0959. The molecule has 0 aliphatic rings. The Morgan fingerprint density at radius 1 is 1.85 bits per heavy atom. The lowest BCUT2D eigenvalue weighted by Crippen LogP contribution is -2.34. The van der Waals surface area contributed by atoms with Gasteiger partial charge in [-0.25, -0.2) is 0 Å². The standard InChI is InChI=1S/C8H14N4O/c1-3-6(9)8(13)10-7-4-5-12(2)11-7/h4-6H,3,9H2,1-2H3,(H,10,11,13)/t6-/m1/s1. The highest BCUT2D eigenvalue weighted by molar-refractivity contribution is 5.93. The molecule has 0 fully saturated rings. The molecule has 13 heavy (non-hydrogen) atoms. The first-order chi connectivity index (χ1) is 6.13. The molecule has 0 bridgehead atoms. The van der Waals surface area contributed by atoms with E-state index in [0.717, 1.165) is 0 Å². The second-order valence-electron chi connectivity index (χ2n) is 2.88. The second-order valence-corrected chi connectivity index (χ2v) is 2.88. The van der Waals surface area contributed by atoms with Gasteiger partial charge in [0.2, 0.25) is 5.91 Å². The van der Waals surface area contributed by atoms with Crippen LogP contribution in [-0.4, -0.2) is 21.7 Å². The lowest BCUT2D eigenvalue weighted by molar-refractivity contribution is -0.117. The fraction of sp³-hybridized carbons (Fsp3) is 0.500. The number of amides is 1. The van der Waals surface area contributed by atoms with Crippen LogP contribution in [0.15, 0.2) is 12.3 Å². The smallest absolute Gasteiger partial charge is 0.242 e. The summed E-state index contributed by atoms with van der Waals surface area (Å²) in [5.74, 6) is 0.345. The summed E-state index contributed by atoms with van der Waals surface area (Å²) in [6.45, 7) is 1.86. The van der Waals surface area contributed by atoms with E-state index < -0.39 is 6.04 Å². The number of nitrogens with zero attached hydrogens (tertiary/aromatic N) is 2. The van der Waals surface area contributed by atoms with Gasteiger partial charge >= 0.3 is 0 Å². The van der Waals surface area contributed by atoms with Crippen LogP contribution in [0.3, 0.4) is 0 Å². The molecule has 0 aliphatic heterocycles. The zero-order valence-electron chi connectivity index (χ0n) is 7.82. The van der Waals surface area contributed by atoms with Gasteiger partial charge in [-0.2, -0.15) is 5.10 Å². The Morgan fingerprint density at radius 3 is 3.00 bits per heavy atom. The molecule has 1 amide bonds. The molecule has 3 N–H and O–H groups in total. The van der Waals surface area contributed by atoms with Crippen molar-refractivity contribution < 1.29 is 4.79 Å². The van der Waals surface area contributed by atoms with Gasteiger partial charge in [-0.15, -0.1) is 0 Å². The Hall–Kier alpha value is -1.36. The summed E-state index contributed by atoms with van der Waals surface area (Å²) in [6, 6.07) is 1.27. The number of nitrogens with two attached hydrogens (primary N) is 1. The molecule has 1 atom stereocenters. The third kappa shape index (κ3) is 2.55. The molecule has 0 aliphatic carbocycles. The minimum atomic E-state index is -0.456. The van der Waals surface area contributed by atoms with Gasteiger partial charge in [0, 0.05) is 19.3 Å². The van der Waals surface area contributed by atoms with Crippen LogP contribution in [-0.2, 0) is 11.8 Å². The Morgan fingerprint density at radius 2 is 2.54 bits per heavy atom. The van der Waals surface area contributed by atoms with Gasteiger partial charge in [-0.1, -0.05) is 6.92 Å². The Balaban J connectivity index is 2.54. The second kappa shape index (κ2) is 4.04. The molecule has 0 saturated carbocycles. The third-order valence-electron chi connectivity index (χ3n) is 1.74. The lowest BCUT2D eigenvalue weighted by atomic mass is 10.2. The van der Waals surface area contributed by atoms with Gasteiger partial charge in [0.1, 0.15) is 0 Å². The first kappa shape index (κ1) is 9.73. The van der Waals surface area contributed by atoms with E-state index in [1.807, 2.05) is 6.92 Å². The quantitative estimate of drug-likeness (QED) is 0.696. The monoisotopic (exact) mass is 182 g/mol. The van der Waals surface area contributed by atoms with Crippen molar-refractivity contribution in [3.63, 3.8) is 0 Å². The van der Waals surface area contributed by atoms with Crippen LogP contribution in [0, 0.1) is 0 Å². The van der Waals surface area contributed by atoms with Crippen molar-refractivity contribution in [2.75, 3.05) is 5.32 Å². The SMILES string of the molecule is CC[C@@H](N)C(=O)Nc1ccn(C)n1. The van der Waals surface area contributed by atoms with Crippen LogP contribution >= 0.6 is 0 Å². The number of nitrogens with one attached hydrogen (secondary N) is 1. The molecule has 5 nitrogen and oxygen atoms in total. The maximum Gasteiger partial charge on any atom is 0.242 e. The average Bonchev–Trinajstić information content (AvgIpc) is 2.49. The van der Waals surface area contributed by atoms with Gasteiger partial charge in [-0.05, 0) is 6.42 Å². The Bertz CT molecular complexity index is 294. The number of anilines is 1. The predicted molar refractivity (Wildman–Crippen MR) is 50.1 cm³/mol. The van der Waals surface area contributed by atoms with Crippen LogP contribution in [0.25, 0.3) is 0 Å². The molecule has 1 heterocycles. The number of carbonyl (C=O) groups excluding carboxylic acids is 1. The Kier molecular flexibility index (Phi) is 3.02. The summed E-state index contributed by atoms with van der Waals surface area (Å²) in [7, 11) is 1.79. The fourth-order valence-electron chi connectivity index (χ4n) is 0.886. The molecule has 1 aromatic heterocycles. The van der Waals surface area contributed by atoms with Crippen molar-refractivity contribution in [2.45, 2.75) is 19.4 Å². The molecule has 0 aromatic carbocycles. The molecular weight excluding hydrogens is 168 g/mol. The zero-order chi connectivity index (χ0) is 9.84. The summed E-state index contributed by atoms with van der Waals surface area (Å²) >= 11 is 0. The van der Waals surface area contributed by atoms with E-state index in [4.69, 9.17) is 5.73 Å². The first-order valence-electron chi connectivity index (χ1n) is 4.19. The zero-order valence-corrected chi connectivity index (χ0v) is 7.82. The molecule has 5 heteroatoms. The van der Waals surface area contributed by atoms with E-state index in [9.17, 15) is 4.79 Å². The van der Waals surface area contributed by atoms with E-state index in [1.54, 1.807) is 24.0 Å². The van der Waals surface area contributed by atoms with E-state index in [1.165, 1.54) is 0 Å². The molecule has 1 aromatic rings. The molecule has 1 rings (SSSR count). The van der Waals surface area contributed by atoms with Crippen molar-refractivity contribution in [3.8, 4) is 0 Å². The molecule has 0 saturated heterocycles. The number of aryl methyl sites for hydroxylation is 1. The van der Waals surface area contributed by atoms with Crippen molar-refractivity contribution >= 4 is 11.7 Å². The van der Waals surface area contributed by atoms with E-state index in [0.29, 0.717) is 12.2 Å². The average molecular weight is 182 g/mol. The number of carbonyl (C=O) groups is 1. The highest BCUT2D eigenvalue weighted by Crippen LogP contribution is 2.01. The van der Waals surface area contributed by atoms with Crippen LogP contribution in [0.4, 0.5) is 5.82 Å². The maximum absolute atomic E-state index is 11.3. The molecule has 0 spiro atoms. The third-order valence-corrected chi connectivity index (χ3v) is 1.74. The molecule has 0 unspecified atom stereocenters. The lowest BCUT2D eigenvalue weighted by Gasteiger charge is -2.06. The van der Waals surface area contributed by atoms with Crippen molar-refractivity contribution in [2.24, 2.45) is 12.8 Å². The van der Waals surface area contributed by atoms with Gasteiger partial charge in [-0.3, -0.25) is 9.48 Å². The highest BCUT2D eigenvalue weighted by atomic mass is 16.2. The van der Waals surface area contributed by atoms with Crippen LogP contribution in [0.5, 0.6) is 0 Å². The van der Waals surface area contributed by atoms with Crippen LogP contribution in [0.2, 0.25) is 0 Å². The topological polar surface area (TPSA) is 72.9 Å². The van der Waals surface area contributed by atoms with Crippen molar-refractivity contribution in [3.05, 3.63) is 12.3 Å². The van der Waals surface area contributed by atoms with Gasteiger partial charge in [0.05, 0.1) is 6.04 Å². The minimum absolute atomic E-state index is 0.193. The number of hydrogen-bond donors (Lipinski definition) is 2. The van der Waals surface area contributed by atoms with Crippen LogP contribution < -0.4 is 11.1 Å². The van der Waals surface area contributed by atoms with Crippen LogP contribution in [0.1, 0.15) is 13.3 Å². The van der Waals surface area contributed by atoms with Gasteiger partial charge in [0.15, 0.2) is 5.82 Å². The summed E-state index contributed by atoms with van der Waals surface area (Å²) in [5.41, 5.74) is 5.52. The summed E-state index contributed by atoms with van der Waals surface area (Å²) in [5, 5.41) is 6.61. The fourth-order valence-corrected chi connectivity index (χ4v) is 0.886. The normalized spacial score (nSPS) is 12.5. The number of rotatable bonds is 3. The summed E-state index contributed by atoms with van der Waals surface area (Å²) in [4.78, 5) is 11.3. The largest absolute Gasteiger partial charge is 0.320 e. The summed E-state index contributed by atoms with van der Waals surface area (Å²) in [6.07, 6.45) is 2.38. The highest BCUT2D eigenvalue weighted by Gasteiger charge is 2.11. The number of aromatic nitrogens is 2. The van der Waals surface area contributed by atoms with E-state index in [-0.39, 0.29) is 5.91 Å². The van der Waals surface area contributed by atoms with Crippen molar-refractivity contribution in [1.29, 1.82) is 0 Å². The molecule has 72 valence electrons. The first-order valence-corrected chi connectivity index (χ1v) is 4.19.